The lowest BCUT2D eigenvalue weighted by Gasteiger charge is -2.26. The average Bonchev–Trinajstić information content (AvgIpc) is 2.77. The molecule has 2 aliphatic rings. The standard InChI is InChI=1S/C13H18N2S/c1-2-12-3-4-14-13(12)9-11(1)10-15-5-7-16-8-6-15/h1-2,9,14H,3-8,10H2. The van der Waals surface area contributed by atoms with Crippen LogP contribution in [-0.4, -0.2) is 36.0 Å². The molecule has 3 rings (SSSR count). The lowest BCUT2D eigenvalue weighted by molar-refractivity contribution is 0.294. The van der Waals surface area contributed by atoms with Crippen molar-refractivity contribution in [3.63, 3.8) is 0 Å². The SMILES string of the molecule is c1cc2c(cc1CN1CCSCC1)NCC2. The van der Waals surface area contributed by atoms with Gasteiger partial charge in [-0.25, -0.2) is 0 Å². The Labute approximate surface area is 101 Å². The van der Waals surface area contributed by atoms with Crippen LogP contribution in [0, 0.1) is 0 Å². The van der Waals surface area contributed by atoms with Crippen LogP contribution in [0.15, 0.2) is 18.2 Å². The highest BCUT2D eigenvalue weighted by molar-refractivity contribution is 7.99. The molecule has 0 bridgehead atoms. The predicted octanol–water partition coefficient (Wildman–Crippen LogP) is 2.20. The predicted molar refractivity (Wildman–Crippen MR) is 71.2 cm³/mol. The van der Waals surface area contributed by atoms with Crippen molar-refractivity contribution in [3.8, 4) is 0 Å². The van der Waals surface area contributed by atoms with Crippen LogP contribution in [0.1, 0.15) is 11.1 Å². The third kappa shape index (κ3) is 2.20. The van der Waals surface area contributed by atoms with Crippen molar-refractivity contribution in [2.45, 2.75) is 13.0 Å². The van der Waals surface area contributed by atoms with Crippen LogP contribution in [0.25, 0.3) is 0 Å². The van der Waals surface area contributed by atoms with Crippen molar-refractivity contribution < 1.29 is 0 Å². The van der Waals surface area contributed by atoms with E-state index in [0.717, 1.165) is 13.1 Å². The number of nitrogens with zero attached hydrogens (tertiary/aromatic N) is 1. The number of benzene rings is 1. The first kappa shape index (κ1) is 10.5. The van der Waals surface area contributed by atoms with Crippen LogP contribution in [-0.2, 0) is 13.0 Å². The van der Waals surface area contributed by atoms with E-state index < -0.39 is 0 Å². The number of nitrogens with one attached hydrogen (secondary N) is 1. The summed E-state index contributed by atoms with van der Waals surface area (Å²) in [5, 5.41) is 3.46. The second kappa shape index (κ2) is 4.68. The lowest BCUT2D eigenvalue weighted by atomic mass is 10.1. The number of fused-ring (bicyclic) bond motifs is 1. The minimum atomic E-state index is 1.11. The Morgan fingerprint density at radius 2 is 2.12 bits per heavy atom. The molecule has 2 heterocycles. The maximum Gasteiger partial charge on any atom is 0.0376 e. The van der Waals surface area contributed by atoms with E-state index in [1.165, 1.54) is 47.8 Å². The topological polar surface area (TPSA) is 15.3 Å². The molecule has 0 unspecified atom stereocenters. The molecule has 1 aromatic carbocycles. The summed E-state index contributed by atoms with van der Waals surface area (Å²) in [6, 6.07) is 6.93. The quantitative estimate of drug-likeness (QED) is 0.844. The van der Waals surface area contributed by atoms with Gasteiger partial charge in [-0.3, -0.25) is 4.90 Å². The second-order valence-electron chi connectivity index (χ2n) is 4.56. The zero-order valence-corrected chi connectivity index (χ0v) is 10.4. The number of hydrogen-bond acceptors (Lipinski definition) is 3. The molecular formula is C13H18N2S. The summed E-state index contributed by atoms with van der Waals surface area (Å²) in [4.78, 5) is 2.56. The molecule has 2 nitrogen and oxygen atoms in total. The van der Waals surface area contributed by atoms with Gasteiger partial charge in [0.05, 0.1) is 0 Å². The second-order valence-corrected chi connectivity index (χ2v) is 5.78. The fourth-order valence-electron chi connectivity index (χ4n) is 2.45. The molecule has 86 valence electrons. The molecule has 1 aromatic rings. The minimum absolute atomic E-state index is 1.11. The van der Waals surface area contributed by atoms with Crippen molar-refractivity contribution >= 4 is 17.4 Å². The first-order valence-corrected chi connectivity index (χ1v) is 7.23. The maximum absolute atomic E-state index is 3.46. The van der Waals surface area contributed by atoms with E-state index in [-0.39, 0.29) is 0 Å². The number of rotatable bonds is 2. The van der Waals surface area contributed by atoms with Gasteiger partial charge in [0.15, 0.2) is 0 Å². The molecule has 16 heavy (non-hydrogen) atoms. The summed E-state index contributed by atoms with van der Waals surface area (Å²) in [5.74, 6) is 2.59. The third-order valence-electron chi connectivity index (χ3n) is 3.39. The molecule has 0 spiro atoms. The van der Waals surface area contributed by atoms with E-state index in [1.54, 1.807) is 0 Å². The maximum atomic E-state index is 3.46. The van der Waals surface area contributed by atoms with E-state index in [1.807, 2.05) is 0 Å². The van der Waals surface area contributed by atoms with Crippen LogP contribution in [0.3, 0.4) is 0 Å². The monoisotopic (exact) mass is 234 g/mol. The van der Waals surface area contributed by atoms with Crippen molar-refractivity contribution in [2.24, 2.45) is 0 Å². The number of thioether (sulfide) groups is 1. The van der Waals surface area contributed by atoms with Crippen LogP contribution in [0.4, 0.5) is 5.69 Å². The summed E-state index contributed by atoms with van der Waals surface area (Å²) in [6.07, 6.45) is 1.19. The summed E-state index contributed by atoms with van der Waals surface area (Å²) < 4.78 is 0. The molecule has 0 radical (unpaired) electrons. The summed E-state index contributed by atoms with van der Waals surface area (Å²) >= 11 is 2.08. The third-order valence-corrected chi connectivity index (χ3v) is 4.34. The Bertz CT molecular complexity index is 372. The highest BCUT2D eigenvalue weighted by Gasteiger charge is 2.13. The summed E-state index contributed by atoms with van der Waals surface area (Å²) in [6.45, 7) is 4.72. The van der Waals surface area contributed by atoms with Gasteiger partial charge in [-0.2, -0.15) is 11.8 Å². The van der Waals surface area contributed by atoms with Gasteiger partial charge < -0.3 is 5.32 Å². The Kier molecular flexibility index (Phi) is 3.06. The van der Waals surface area contributed by atoms with Crippen LogP contribution in [0.5, 0.6) is 0 Å². The fraction of sp³-hybridized carbons (Fsp3) is 0.538. The Morgan fingerprint density at radius 3 is 3.00 bits per heavy atom. The Morgan fingerprint density at radius 1 is 1.25 bits per heavy atom. The average molecular weight is 234 g/mol. The molecule has 1 fully saturated rings. The zero-order valence-electron chi connectivity index (χ0n) is 9.54. The van der Waals surface area contributed by atoms with E-state index in [9.17, 15) is 0 Å². The van der Waals surface area contributed by atoms with Gasteiger partial charge in [0.1, 0.15) is 0 Å². The summed E-state index contributed by atoms with van der Waals surface area (Å²) in [7, 11) is 0. The number of anilines is 1. The normalized spacial score (nSPS) is 20.5. The van der Waals surface area contributed by atoms with E-state index in [4.69, 9.17) is 0 Å². The van der Waals surface area contributed by atoms with Crippen molar-refractivity contribution in [2.75, 3.05) is 36.5 Å². The Balaban J connectivity index is 1.69. The molecule has 1 N–H and O–H groups in total. The van der Waals surface area contributed by atoms with Gasteiger partial charge in [-0.15, -0.1) is 0 Å². The molecular weight excluding hydrogens is 216 g/mol. The van der Waals surface area contributed by atoms with Crippen molar-refractivity contribution in [1.29, 1.82) is 0 Å². The van der Waals surface area contributed by atoms with Gasteiger partial charge >= 0.3 is 0 Å². The highest BCUT2D eigenvalue weighted by Crippen LogP contribution is 2.24. The smallest absolute Gasteiger partial charge is 0.0376 e. The molecule has 1 saturated heterocycles. The van der Waals surface area contributed by atoms with Crippen molar-refractivity contribution in [3.05, 3.63) is 29.3 Å². The van der Waals surface area contributed by atoms with Gasteiger partial charge in [-0.05, 0) is 23.6 Å². The molecule has 0 atom stereocenters. The molecule has 0 amide bonds. The van der Waals surface area contributed by atoms with E-state index in [2.05, 4.69) is 40.2 Å². The van der Waals surface area contributed by atoms with Gasteiger partial charge in [0.25, 0.3) is 0 Å². The molecule has 3 heteroatoms. The van der Waals surface area contributed by atoms with Gasteiger partial charge in [0, 0.05) is 43.4 Å². The van der Waals surface area contributed by atoms with E-state index >= 15 is 0 Å². The zero-order chi connectivity index (χ0) is 10.8. The van der Waals surface area contributed by atoms with Crippen LogP contribution < -0.4 is 5.32 Å². The largest absolute Gasteiger partial charge is 0.384 e. The highest BCUT2D eigenvalue weighted by atomic mass is 32.2. The first-order chi connectivity index (χ1) is 7.92. The fourth-order valence-corrected chi connectivity index (χ4v) is 3.43. The Hall–Kier alpha value is -0.670. The molecule has 0 aromatic heterocycles. The van der Waals surface area contributed by atoms with Crippen LogP contribution in [0.2, 0.25) is 0 Å². The molecule has 0 saturated carbocycles. The molecule has 0 aliphatic carbocycles. The van der Waals surface area contributed by atoms with Gasteiger partial charge in [-0.1, -0.05) is 12.1 Å². The molecule has 2 aliphatic heterocycles. The van der Waals surface area contributed by atoms with Crippen molar-refractivity contribution in [1.82, 2.24) is 4.90 Å². The lowest BCUT2D eigenvalue weighted by Crippen LogP contribution is -2.31. The number of hydrogen-bond donors (Lipinski definition) is 1. The van der Waals surface area contributed by atoms with Gasteiger partial charge in [0.2, 0.25) is 0 Å². The van der Waals surface area contributed by atoms with Crippen LogP contribution >= 0.6 is 11.8 Å². The summed E-state index contributed by atoms with van der Waals surface area (Å²) in [5.41, 5.74) is 4.31. The first-order valence-electron chi connectivity index (χ1n) is 6.07. The minimum Gasteiger partial charge on any atom is -0.384 e. The van der Waals surface area contributed by atoms with E-state index in [0.29, 0.717) is 0 Å².